The summed E-state index contributed by atoms with van der Waals surface area (Å²) in [4.78, 5) is 73.3. The maximum absolute atomic E-state index is 13.2. The first-order valence-electron chi connectivity index (χ1n) is 46.1. The van der Waals surface area contributed by atoms with E-state index in [0.29, 0.717) is 25.7 Å². The van der Waals surface area contributed by atoms with Gasteiger partial charge in [0.05, 0.1) is 26.4 Å². The maximum Gasteiger partial charge on any atom is 0.472 e. The molecule has 0 aliphatic rings. The van der Waals surface area contributed by atoms with Crippen LogP contribution in [-0.2, 0) is 65.4 Å². The minimum Gasteiger partial charge on any atom is -0.462 e. The van der Waals surface area contributed by atoms with E-state index in [1.54, 1.807) is 0 Å². The first-order chi connectivity index (χ1) is 52.5. The van der Waals surface area contributed by atoms with Crippen LogP contribution in [0.4, 0.5) is 0 Å². The van der Waals surface area contributed by atoms with Gasteiger partial charge in [0, 0.05) is 25.7 Å². The molecule has 642 valence electrons. The number of esters is 4. The number of phosphoric ester groups is 2. The average molecular weight is 1580 g/mol. The molecule has 0 heterocycles. The fourth-order valence-corrected chi connectivity index (χ4v) is 15.6. The van der Waals surface area contributed by atoms with Crippen LogP contribution in [0.1, 0.15) is 484 Å². The van der Waals surface area contributed by atoms with Gasteiger partial charge in [0.1, 0.15) is 19.3 Å². The summed E-state index contributed by atoms with van der Waals surface area (Å²) in [5.74, 6) is -1.28. The highest BCUT2D eigenvalue weighted by Gasteiger charge is 2.30. The number of hydrogen-bond donors (Lipinski definition) is 3. The van der Waals surface area contributed by atoms with Crippen molar-refractivity contribution in [1.82, 2.24) is 0 Å². The summed E-state index contributed by atoms with van der Waals surface area (Å²) in [6.07, 6.45) is 76.5. The molecule has 0 spiro atoms. The Hall–Kier alpha value is -1.94. The number of aliphatic hydroxyl groups is 1. The van der Waals surface area contributed by atoms with Crippen LogP contribution in [0.3, 0.4) is 0 Å². The Morgan fingerprint density at radius 2 is 0.426 bits per heavy atom. The second-order valence-corrected chi connectivity index (χ2v) is 35.4. The lowest BCUT2D eigenvalue weighted by atomic mass is 10.0. The van der Waals surface area contributed by atoms with Crippen molar-refractivity contribution in [2.75, 3.05) is 39.6 Å². The molecule has 0 saturated heterocycles. The molecular formula is C89H174O17P2. The monoisotopic (exact) mass is 1580 g/mol. The highest BCUT2D eigenvalue weighted by molar-refractivity contribution is 7.47. The Balaban J connectivity index is 5.19. The zero-order valence-corrected chi connectivity index (χ0v) is 72.8. The van der Waals surface area contributed by atoms with Crippen LogP contribution >= 0.6 is 15.6 Å². The third-order valence-corrected chi connectivity index (χ3v) is 22.9. The van der Waals surface area contributed by atoms with Crippen LogP contribution in [0.15, 0.2) is 0 Å². The number of unbranched alkanes of at least 4 members (excludes halogenated alkanes) is 61. The standard InChI is InChI=1S/C89H174O17P2/c1-6-9-12-15-18-21-23-25-27-29-30-31-32-37-40-44-48-53-58-63-68-73-87(92)100-79-85(106-89(94)75-70-65-60-55-50-46-42-38-34-33-36-39-43-47-52-56-61-66-71-82(4)5)81-104-108(97,98)102-77-83(90)76-101-107(95,96)103-80-84(78-99-86(91)72-67-62-57-51-20-17-14-11-8-3)105-88(93)74-69-64-59-54-49-45-41-35-28-26-24-22-19-16-13-10-7-2/h82-85,90H,6-81H2,1-5H3,(H,95,96)(H,97,98)/t83-,84+,85+/m0/s1. The Morgan fingerprint density at radius 1 is 0.250 bits per heavy atom. The Kier molecular flexibility index (Phi) is 80.2. The molecule has 17 nitrogen and oxygen atoms in total. The first-order valence-corrected chi connectivity index (χ1v) is 49.1. The zero-order valence-electron chi connectivity index (χ0n) is 71.0. The van der Waals surface area contributed by atoms with E-state index >= 15 is 0 Å². The van der Waals surface area contributed by atoms with Crippen molar-refractivity contribution in [2.45, 2.75) is 502 Å². The van der Waals surface area contributed by atoms with Crippen LogP contribution in [0.25, 0.3) is 0 Å². The fourth-order valence-electron chi connectivity index (χ4n) is 14.0. The molecule has 0 aromatic rings. The van der Waals surface area contributed by atoms with E-state index in [9.17, 15) is 43.2 Å². The highest BCUT2D eigenvalue weighted by Crippen LogP contribution is 2.45. The van der Waals surface area contributed by atoms with E-state index in [2.05, 4.69) is 34.6 Å². The molecule has 5 atom stereocenters. The van der Waals surface area contributed by atoms with E-state index in [-0.39, 0.29) is 25.7 Å². The summed E-state index contributed by atoms with van der Waals surface area (Å²) in [5, 5.41) is 10.7. The molecule has 0 aliphatic carbocycles. The number of rotatable bonds is 89. The lowest BCUT2D eigenvalue weighted by Gasteiger charge is -2.21. The summed E-state index contributed by atoms with van der Waals surface area (Å²) in [6, 6.07) is 0. The van der Waals surface area contributed by atoms with Gasteiger partial charge in [0.2, 0.25) is 0 Å². The smallest absolute Gasteiger partial charge is 0.462 e. The Morgan fingerprint density at radius 3 is 0.630 bits per heavy atom. The van der Waals surface area contributed by atoms with E-state index in [1.165, 1.54) is 308 Å². The second-order valence-electron chi connectivity index (χ2n) is 32.5. The molecule has 0 aromatic carbocycles. The van der Waals surface area contributed by atoms with Crippen molar-refractivity contribution < 1.29 is 80.2 Å². The van der Waals surface area contributed by atoms with Crippen molar-refractivity contribution in [3.63, 3.8) is 0 Å². The van der Waals surface area contributed by atoms with Gasteiger partial charge >= 0.3 is 39.5 Å². The first kappa shape index (κ1) is 106. The lowest BCUT2D eigenvalue weighted by molar-refractivity contribution is -0.161. The average Bonchev–Trinajstić information content (AvgIpc) is 0.906. The molecule has 0 bridgehead atoms. The Bertz CT molecular complexity index is 2050. The van der Waals surface area contributed by atoms with Gasteiger partial charge in [-0.1, -0.05) is 433 Å². The number of aliphatic hydroxyl groups excluding tert-OH is 1. The van der Waals surface area contributed by atoms with Crippen LogP contribution < -0.4 is 0 Å². The van der Waals surface area contributed by atoms with Gasteiger partial charge in [-0.3, -0.25) is 37.3 Å². The van der Waals surface area contributed by atoms with E-state index in [1.807, 2.05) is 0 Å². The lowest BCUT2D eigenvalue weighted by Crippen LogP contribution is -2.30. The summed E-state index contributed by atoms with van der Waals surface area (Å²) >= 11 is 0. The van der Waals surface area contributed by atoms with Gasteiger partial charge in [-0.05, 0) is 31.6 Å². The molecule has 0 aliphatic heterocycles. The van der Waals surface area contributed by atoms with Crippen molar-refractivity contribution >= 4 is 39.5 Å². The molecule has 2 unspecified atom stereocenters. The molecular weight excluding hydrogens is 1400 g/mol. The number of ether oxygens (including phenoxy) is 4. The number of carbonyl (C=O) groups is 4. The Labute approximate surface area is 664 Å². The normalized spacial score (nSPS) is 13.7. The van der Waals surface area contributed by atoms with Crippen LogP contribution in [-0.4, -0.2) is 96.7 Å². The second kappa shape index (κ2) is 81.6. The van der Waals surface area contributed by atoms with Crippen molar-refractivity contribution in [2.24, 2.45) is 5.92 Å². The van der Waals surface area contributed by atoms with Gasteiger partial charge in [-0.15, -0.1) is 0 Å². The van der Waals surface area contributed by atoms with Crippen LogP contribution in [0.2, 0.25) is 0 Å². The molecule has 0 amide bonds. The largest absolute Gasteiger partial charge is 0.472 e. The van der Waals surface area contributed by atoms with E-state index < -0.39 is 97.5 Å². The molecule has 0 radical (unpaired) electrons. The van der Waals surface area contributed by atoms with Gasteiger partial charge in [-0.2, -0.15) is 0 Å². The number of phosphoric acid groups is 2. The van der Waals surface area contributed by atoms with Crippen LogP contribution in [0, 0.1) is 5.92 Å². The molecule has 0 aromatic heterocycles. The van der Waals surface area contributed by atoms with Crippen molar-refractivity contribution in [3.8, 4) is 0 Å². The zero-order chi connectivity index (χ0) is 79.0. The number of hydrogen-bond acceptors (Lipinski definition) is 15. The topological polar surface area (TPSA) is 237 Å². The van der Waals surface area contributed by atoms with E-state index in [0.717, 1.165) is 95.8 Å². The number of carbonyl (C=O) groups excluding carboxylic acids is 4. The SMILES string of the molecule is CCCCCCCCCCCCCCCCCCCCCCCC(=O)OC[C@H](COP(=O)(O)OC[C@@H](O)COP(=O)(O)OC[C@@H](COC(=O)CCCCCCCCCCC)OC(=O)CCCCCCCCCCCCCCCCCCC)OC(=O)CCCCCCCCCCCCCCCCCCCCC(C)C. The predicted octanol–water partition coefficient (Wildman–Crippen LogP) is 27.5. The third kappa shape index (κ3) is 82.1. The maximum atomic E-state index is 13.2. The van der Waals surface area contributed by atoms with Crippen molar-refractivity contribution in [1.29, 1.82) is 0 Å². The van der Waals surface area contributed by atoms with Gasteiger partial charge in [-0.25, -0.2) is 9.13 Å². The van der Waals surface area contributed by atoms with Gasteiger partial charge in [0.25, 0.3) is 0 Å². The quantitative estimate of drug-likeness (QED) is 0.0222. The van der Waals surface area contributed by atoms with E-state index in [4.69, 9.17) is 37.0 Å². The predicted molar refractivity (Wildman–Crippen MR) is 446 cm³/mol. The molecule has 0 saturated carbocycles. The summed E-state index contributed by atoms with van der Waals surface area (Å²) in [5.41, 5.74) is 0. The molecule has 3 N–H and O–H groups in total. The molecule has 108 heavy (non-hydrogen) atoms. The summed E-state index contributed by atoms with van der Waals surface area (Å²) < 4.78 is 68.9. The molecule has 0 fully saturated rings. The van der Waals surface area contributed by atoms with Crippen molar-refractivity contribution in [3.05, 3.63) is 0 Å². The summed E-state index contributed by atoms with van der Waals surface area (Å²) in [7, 11) is -9.93. The minimum absolute atomic E-state index is 0.109. The summed E-state index contributed by atoms with van der Waals surface area (Å²) in [6.45, 7) is 7.40. The van der Waals surface area contributed by atoms with Crippen LogP contribution in [0.5, 0.6) is 0 Å². The third-order valence-electron chi connectivity index (χ3n) is 21.0. The van der Waals surface area contributed by atoms with Gasteiger partial charge in [0.15, 0.2) is 12.2 Å². The minimum atomic E-state index is -4.97. The van der Waals surface area contributed by atoms with Gasteiger partial charge < -0.3 is 33.8 Å². The molecule has 19 heteroatoms. The fraction of sp³-hybridized carbons (Fsp3) is 0.955. The molecule has 0 rings (SSSR count). The highest BCUT2D eigenvalue weighted by atomic mass is 31.2.